The normalized spacial score (nSPS) is 11.7. The minimum atomic E-state index is 0.417. The Labute approximate surface area is 128 Å². The van der Waals surface area contributed by atoms with Crippen molar-refractivity contribution in [3.63, 3.8) is 0 Å². The summed E-state index contributed by atoms with van der Waals surface area (Å²) in [5, 5.41) is 1.11. The van der Waals surface area contributed by atoms with E-state index in [9.17, 15) is 0 Å². The predicted octanol–water partition coefficient (Wildman–Crippen LogP) is 5.49. The number of benzene rings is 1. The van der Waals surface area contributed by atoms with E-state index in [4.69, 9.17) is 34.8 Å². The monoisotopic (exact) mass is 318 g/mol. The molecule has 1 aromatic heterocycles. The standard InChI is InChI=1S/C14H17Cl3N2/c1-3-9(4-2)19-13-8-11(17)10(16)7-12(13)18-14(19)5-6-15/h7-9H,3-6H2,1-2H3. The number of alkyl halides is 1. The average molecular weight is 320 g/mol. The van der Waals surface area contributed by atoms with Gasteiger partial charge in [0.2, 0.25) is 0 Å². The third kappa shape index (κ3) is 2.86. The van der Waals surface area contributed by atoms with E-state index in [2.05, 4.69) is 23.4 Å². The van der Waals surface area contributed by atoms with E-state index in [0.717, 1.165) is 36.1 Å². The third-order valence-corrected chi connectivity index (χ3v) is 4.34. The van der Waals surface area contributed by atoms with Gasteiger partial charge in [0.25, 0.3) is 0 Å². The zero-order chi connectivity index (χ0) is 14.0. The Balaban J connectivity index is 2.68. The molecule has 2 nitrogen and oxygen atoms in total. The van der Waals surface area contributed by atoms with Crippen LogP contribution in [0.2, 0.25) is 10.0 Å². The van der Waals surface area contributed by atoms with Gasteiger partial charge in [-0.1, -0.05) is 37.0 Å². The Kier molecular flexibility index (Phi) is 4.99. The highest BCUT2D eigenvalue weighted by Gasteiger charge is 2.17. The Bertz CT molecular complexity index is 574. The van der Waals surface area contributed by atoms with Gasteiger partial charge in [0.1, 0.15) is 5.82 Å². The number of hydrogen-bond donors (Lipinski definition) is 0. The van der Waals surface area contributed by atoms with E-state index < -0.39 is 0 Å². The van der Waals surface area contributed by atoms with Crippen LogP contribution >= 0.6 is 34.8 Å². The van der Waals surface area contributed by atoms with E-state index in [1.807, 2.05) is 12.1 Å². The van der Waals surface area contributed by atoms with Crippen LogP contribution < -0.4 is 0 Å². The number of nitrogens with zero attached hydrogens (tertiary/aromatic N) is 2. The quantitative estimate of drug-likeness (QED) is 0.667. The molecule has 1 heterocycles. The number of fused-ring (bicyclic) bond motifs is 1. The van der Waals surface area contributed by atoms with Gasteiger partial charge in [-0.05, 0) is 25.0 Å². The summed E-state index contributed by atoms with van der Waals surface area (Å²) in [6.45, 7) is 4.37. The lowest BCUT2D eigenvalue weighted by Gasteiger charge is -2.18. The molecule has 0 fully saturated rings. The second kappa shape index (κ2) is 6.34. The Morgan fingerprint density at radius 3 is 2.37 bits per heavy atom. The SMILES string of the molecule is CCC(CC)n1c(CCCl)nc2cc(Cl)c(Cl)cc21. The molecule has 0 aliphatic carbocycles. The van der Waals surface area contributed by atoms with Crippen molar-refractivity contribution < 1.29 is 0 Å². The molecule has 0 unspecified atom stereocenters. The fraction of sp³-hybridized carbons (Fsp3) is 0.500. The van der Waals surface area contributed by atoms with E-state index in [-0.39, 0.29) is 0 Å². The summed E-state index contributed by atoms with van der Waals surface area (Å²) in [5.74, 6) is 1.57. The molecule has 0 bridgehead atoms. The molecular weight excluding hydrogens is 303 g/mol. The molecule has 0 saturated carbocycles. The van der Waals surface area contributed by atoms with Gasteiger partial charge in [0, 0.05) is 18.3 Å². The molecule has 0 N–H and O–H groups in total. The minimum Gasteiger partial charge on any atom is -0.325 e. The molecule has 0 saturated heterocycles. The first-order chi connectivity index (χ1) is 9.12. The van der Waals surface area contributed by atoms with Crippen molar-refractivity contribution in [1.82, 2.24) is 9.55 Å². The van der Waals surface area contributed by atoms with Gasteiger partial charge >= 0.3 is 0 Å². The van der Waals surface area contributed by atoms with Gasteiger partial charge in [-0.15, -0.1) is 11.6 Å². The second-order valence-corrected chi connectivity index (χ2v) is 5.75. The molecule has 5 heteroatoms. The maximum Gasteiger partial charge on any atom is 0.111 e. The maximum absolute atomic E-state index is 6.14. The van der Waals surface area contributed by atoms with Crippen molar-refractivity contribution in [3.8, 4) is 0 Å². The largest absolute Gasteiger partial charge is 0.325 e. The molecule has 104 valence electrons. The third-order valence-electron chi connectivity index (χ3n) is 3.43. The van der Waals surface area contributed by atoms with E-state index in [1.165, 1.54) is 0 Å². The minimum absolute atomic E-state index is 0.417. The molecule has 19 heavy (non-hydrogen) atoms. The zero-order valence-corrected chi connectivity index (χ0v) is 13.4. The molecule has 1 aromatic carbocycles. The van der Waals surface area contributed by atoms with Crippen LogP contribution in [-0.4, -0.2) is 15.4 Å². The summed E-state index contributed by atoms with van der Waals surface area (Å²) in [5.41, 5.74) is 1.93. The predicted molar refractivity (Wildman–Crippen MR) is 83.8 cm³/mol. The number of rotatable bonds is 5. The van der Waals surface area contributed by atoms with Gasteiger partial charge in [0.05, 0.1) is 21.1 Å². The van der Waals surface area contributed by atoms with Crippen LogP contribution in [0.1, 0.15) is 38.6 Å². The fourth-order valence-electron chi connectivity index (χ4n) is 2.46. The first kappa shape index (κ1) is 15.0. The van der Waals surface area contributed by atoms with Crippen LogP contribution in [0, 0.1) is 0 Å². The number of imidazole rings is 1. The van der Waals surface area contributed by atoms with Crippen molar-refractivity contribution in [3.05, 3.63) is 28.0 Å². The van der Waals surface area contributed by atoms with Crippen molar-refractivity contribution in [2.24, 2.45) is 0 Å². The first-order valence-corrected chi connectivity index (χ1v) is 7.83. The van der Waals surface area contributed by atoms with Crippen LogP contribution in [0.5, 0.6) is 0 Å². The highest BCUT2D eigenvalue weighted by atomic mass is 35.5. The van der Waals surface area contributed by atoms with Crippen LogP contribution in [0.25, 0.3) is 11.0 Å². The molecule has 0 aliphatic rings. The highest BCUT2D eigenvalue weighted by molar-refractivity contribution is 6.42. The van der Waals surface area contributed by atoms with Crippen LogP contribution in [0.4, 0.5) is 0 Å². The van der Waals surface area contributed by atoms with Crippen molar-refractivity contribution >= 4 is 45.8 Å². The summed E-state index contributed by atoms with van der Waals surface area (Å²) >= 11 is 18.1. The molecule has 0 spiro atoms. The van der Waals surface area contributed by atoms with Crippen molar-refractivity contribution in [2.75, 3.05) is 5.88 Å². The zero-order valence-electron chi connectivity index (χ0n) is 11.1. The van der Waals surface area contributed by atoms with Gasteiger partial charge in [-0.25, -0.2) is 4.98 Å². The Hall–Kier alpha value is -0.440. The van der Waals surface area contributed by atoms with Crippen molar-refractivity contribution in [2.45, 2.75) is 39.2 Å². The molecule has 2 aromatic rings. The van der Waals surface area contributed by atoms with Gasteiger partial charge in [-0.2, -0.15) is 0 Å². The first-order valence-electron chi connectivity index (χ1n) is 6.54. The van der Waals surface area contributed by atoms with Gasteiger partial charge in [-0.3, -0.25) is 0 Å². The topological polar surface area (TPSA) is 17.8 Å². The summed E-state index contributed by atoms with van der Waals surface area (Å²) in [6.07, 6.45) is 2.86. The molecule has 0 aliphatic heterocycles. The summed E-state index contributed by atoms with van der Waals surface area (Å²) < 4.78 is 2.26. The second-order valence-electron chi connectivity index (χ2n) is 4.56. The van der Waals surface area contributed by atoms with Crippen molar-refractivity contribution in [1.29, 1.82) is 0 Å². The number of halogens is 3. The Morgan fingerprint density at radius 1 is 1.16 bits per heavy atom. The highest BCUT2D eigenvalue weighted by Crippen LogP contribution is 2.32. The smallest absolute Gasteiger partial charge is 0.111 e. The average Bonchev–Trinajstić information content (AvgIpc) is 2.71. The molecule has 0 atom stereocenters. The lowest BCUT2D eigenvalue weighted by atomic mass is 10.1. The number of aromatic nitrogens is 2. The summed E-state index contributed by atoms with van der Waals surface area (Å²) in [4.78, 5) is 4.66. The van der Waals surface area contributed by atoms with Gasteiger partial charge in [0.15, 0.2) is 0 Å². The van der Waals surface area contributed by atoms with Crippen LogP contribution in [0.3, 0.4) is 0 Å². The lowest BCUT2D eigenvalue weighted by molar-refractivity contribution is 0.468. The Morgan fingerprint density at radius 2 is 1.79 bits per heavy atom. The lowest BCUT2D eigenvalue weighted by Crippen LogP contribution is -2.11. The molecule has 0 amide bonds. The van der Waals surface area contributed by atoms with E-state index in [0.29, 0.717) is 22.0 Å². The molecule has 0 radical (unpaired) electrons. The van der Waals surface area contributed by atoms with Gasteiger partial charge < -0.3 is 4.57 Å². The summed E-state index contributed by atoms with van der Waals surface area (Å²) in [6, 6.07) is 4.15. The molecule has 2 rings (SSSR count). The number of hydrogen-bond acceptors (Lipinski definition) is 1. The van der Waals surface area contributed by atoms with Crippen LogP contribution in [0.15, 0.2) is 12.1 Å². The summed E-state index contributed by atoms with van der Waals surface area (Å²) in [7, 11) is 0. The van der Waals surface area contributed by atoms with Crippen LogP contribution in [-0.2, 0) is 6.42 Å². The molecular formula is C14H17Cl3N2. The fourth-order valence-corrected chi connectivity index (χ4v) is 2.95. The van der Waals surface area contributed by atoms with E-state index in [1.54, 1.807) is 0 Å². The number of aryl methyl sites for hydroxylation is 1. The maximum atomic E-state index is 6.14. The van der Waals surface area contributed by atoms with E-state index >= 15 is 0 Å².